The number of rotatable bonds is 2. The van der Waals surface area contributed by atoms with E-state index in [1.165, 1.54) is 11.1 Å². The van der Waals surface area contributed by atoms with E-state index in [-0.39, 0.29) is 0 Å². The molecule has 0 saturated heterocycles. The molecule has 0 aromatic heterocycles. The molecule has 0 saturated carbocycles. The molecular weight excluding hydrogens is 172 g/mol. The summed E-state index contributed by atoms with van der Waals surface area (Å²) in [5.41, 5.74) is 2.55. The van der Waals surface area contributed by atoms with Crippen LogP contribution in [0.3, 0.4) is 0 Å². The fraction of sp³-hybridized carbons (Fsp3) is 0.231. The maximum Gasteiger partial charge on any atom is 0.0319 e. The Bertz CT molecular complexity index is 267. The van der Waals surface area contributed by atoms with Crippen molar-refractivity contribution < 1.29 is 5.11 Å². The zero-order valence-electron chi connectivity index (χ0n) is 9.07. The van der Waals surface area contributed by atoms with Crippen LogP contribution in [0.5, 0.6) is 0 Å². The molecule has 0 radical (unpaired) electrons. The van der Waals surface area contributed by atoms with E-state index in [1.54, 1.807) is 0 Å². The predicted molar refractivity (Wildman–Crippen MR) is 64.0 cm³/mol. The van der Waals surface area contributed by atoms with Gasteiger partial charge in [-0.25, -0.2) is 0 Å². The second-order valence-corrected chi connectivity index (χ2v) is 2.63. The van der Waals surface area contributed by atoms with E-state index in [2.05, 4.69) is 48.6 Å². The van der Waals surface area contributed by atoms with Gasteiger partial charge in [-0.15, -0.1) is 0 Å². The molecule has 76 valence electrons. The van der Waals surface area contributed by atoms with E-state index in [4.69, 9.17) is 5.11 Å². The van der Waals surface area contributed by atoms with Crippen molar-refractivity contribution in [1.29, 1.82) is 0 Å². The highest BCUT2D eigenvalue weighted by Gasteiger charge is 1.91. The highest BCUT2D eigenvalue weighted by molar-refractivity contribution is 5.64. The van der Waals surface area contributed by atoms with E-state index >= 15 is 0 Å². The maximum absolute atomic E-state index is 7.00. The second-order valence-electron chi connectivity index (χ2n) is 2.63. The van der Waals surface area contributed by atoms with Crippen LogP contribution in [0.2, 0.25) is 0 Å². The number of hydrogen-bond acceptors (Lipinski definition) is 1. The predicted octanol–water partition coefficient (Wildman–Crippen LogP) is 3.36. The molecule has 0 heterocycles. The van der Waals surface area contributed by atoms with E-state index in [1.807, 2.05) is 13.8 Å². The normalized spacial score (nSPS) is 10.3. The Morgan fingerprint density at radius 3 is 1.50 bits per heavy atom. The van der Waals surface area contributed by atoms with Crippen LogP contribution in [-0.4, -0.2) is 12.2 Å². The summed E-state index contributed by atoms with van der Waals surface area (Å²) >= 11 is 0. The van der Waals surface area contributed by atoms with Crippen LogP contribution < -0.4 is 0 Å². The summed E-state index contributed by atoms with van der Waals surface area (Å²) in [5.74, 6) is 0. The van der Waals surface area contributed by atoms with Crippen LogP contribution in [0.1, 0.15) is 25.0 Å². The molecule has 0 fully saturated rings. The van der Waals surface area contributed by atoms with Gasteiger partial charge in [0.15, 0.2) is 0 Å². The van der Waals surface area contributed by atoms with Gasteiger partial charge in [-0.3, -0.25) is 0 Å². The molecule has 0 unspecified atom stereocenters. The highest BCUT2D eigenvalue weighted by atomic mass is 16.2. The lowest BCUT2D eigenvalue weighted by Gasteiger charge is -1.98. The fourth-order valence-corrected chi connectivity index (χ4v) is 1.17. The average molecular weight is 190 g/mol. The van der Waals surface area contributed by atoms with Crippen LogP contribution in [0, 0.1) is 0 Å². The molecule has 1 N–H and O–H groups in total. The van der Waals surface area contributed by atoms with Crippen molar-refractivity contribution in [1.82, 2.24) is 0 Å². The minimum absolute atomic E-state index is 1.00. The minimum Gasteiger partial charge on any atom is -0.400 e. The van der Waals surface area contributed by atoms with Gasteiger partial charge in [0, 0.05) is 7.11 Å². The Hall–Kier alpha value is -1.34. The molecule has 0 aliphatic heterocycles. The Kier molecular flexibility index (Phi) is 7.48. The van der Waals surface area contributed by atoms with Crippen LogP contribution in [0.4, 0.5) is 0 Å². The van der Waals surface area contributed by atoms with Crippen molar-refractivity contribution in [2.75, 3.05) is 7.11 Å². The summed E-state index contributed by atoms with van der Waals surface area (Å²) < 4.78 is 0. The summed E-state index contributed by atoms with van der Waals surface area (Å²) in [6, 6.07) is 8.36. The van der Waals surface area contributed by atoms with Gasteiger partial charge in [0.05, 0.1) is 0 Å². The molecule has 1 heteroatoms. The van der Waals surface area contributed by atoms with Crippen molar-refractivity contribution in [3.63, 3.8) is 0 Å². The Morgan fingerprint density at radius 2 is 1.21 bits per heavy atom. The topological polar surface area (TPSA) is 20.2 Å². The number of aliphatic hydroxyl groups excluding tert-OH is 1. The Balaban J connectivity index is 0.000000791. The van der Waals surface area contributed by atoms with Crippen molar-refractivity contribution in [3.05, 3.63) is 47.5 Å². The summed E-state index contributed by atoms with van der Waals surface area (Å²) in [5, 5.41) is 7.00. The number of allylic oxidation sites excluding steroid dienone is 2. The lowest BCUT2D eigenvalue weighted by Crippen LogP contribution is -1.77. The van der Waals surface area contributed by atoms with Crippen LogP contribution in [0.25, 0.3) is 12.2 Å². The molecule has 1 nitrogen and oxygen atoms in total. The molecule has 0 atom stereocenters. The third kappa shape index (κ3) is 4.06. The molecule has 1 aromatic rings. The van der Waals surface area contributed by atoms with E-state index in [0.717, 1.165) is 7.11 Å². The standard InChI is InChI=1S/C12H14.CH4O/c1-3-7-11-9-5-6-10-12(11)8-4-2;1-2/h3-10H,1-2H3;2H,1H3/b7-3-,8-4-;. The largest absolute Gasteiger partial charge is 0.400 e. The summed E-state index contributed by atoms with van der Waals surface area (Å²) in [4.78, 5) is 0. The third-order valence-electron chi connectivity index (χ3n) is 1.69. The fourth-order valence-electron chi connectivity index (χ4n) is 1.17. The van der Waals surface area contributed by atoms with Gasteiger partial charge in [-0.2, -0.15) is 0 Å². The summed E-state index contributed by atoms with van der Waals surface area (Å²) in [6.07, 6.45) is 8.36. The van der Waals surface area contributed by atoms with Gasteiger partial charge in [0.1, 0.15) is 0 Å². The van der Waals surface area contributed by atoms with Crippen molar-refractivity contribution in [2.24, 2.45) is 0 Å². The van der Waals surface area contributed by atoms with Crippen molar-refractivity contribution >= 4 is 12.2 Å². The molecule has 0 spiro atoms. The first kappa shape index (κ1) is 12.7. The third-order valence-corrected chi connectivity index (χ3v) is 1.69. The number of aliphatic hydroxyl groups is 1. The van der Waals surface area contributed by atoms with Crippen LogP contribution in [0.15, 0.2) is 36.4 Å². The van der Waals surface area contributed by atoms with Gasteiger partial charge in [-0.05, 0) is 25.0 Å². The highest BCUT2D eigenvalue weighted by Crippen LogP contribution is 2.12. The van der Waals surface area contributed by atoms with Gasteiger partial charge in [0.2, 0.25) is 0 Å². The minimum atomic E-state index is 1.00. The SMILES string of the molecule is C/C=C\c1ccccc1/C=C\C.CO. The molecule has 14 heavy (non-hydrogen) atoms. The summed E-state index contributed by atoms with van der Waals surface area (Å²) in [6.45, 7) is 4.07. The first-order valence-corrected chi connectivity index (χ1v) is 4.67. The number of hydrogen-bond donors (Lipinski definition) is 1. The maximum atomic E-state index is 7.00. The van der Waals surface area contributed by atoms with E-state index in [0.29, 0.717) is 0 Å². The zero-order valence-corrected chi connectivity index (χ0v) is 9.07. The second kappa shape index (κ2) is 8.27. The molecule has 0 bridgehead atoms. The van der Waals surface area contributed by atoms with Crippen molar-refractivity contribution in [3.8, 4) is 0 Å². The number of benzene rings is 1. The zero-order chi connectivity index (χ0) is 10.8. The van der Waals surface area contributed by atoms with Crippen LogP contribution >= 0.6 is 0 Å². The Labute approximate surface area is 86.4 Å². The average Bonchev–Trinajstić information content (AvgIpc) is 2.25. The smallest absolute Gasteiger partial charge is 0.0319 e. The van der Waals surface area contributed by atoms with Gasteiger partial charge in [-0.1, -0.05) is 48.6 Å². The quantitative estimate of drug-likeness (QED) is 0.758. The van der Waals surface area contributed by atoms with E-state index in [9.17, 15) is 0 Å². The van der Waals surface area contributed by atoms with Gasteiger partial charge < -0.3 is 5.11 Å². The molecule has 0 aliphatic carbocycles. The Morgan fingerprint density at radius 1 is 0.857 bits per heavy atom. The monoisotopic (exact) mass is 190 g/mol. The summed E-state index contributed by atoms with van der Waals surface area (Å²) in [7, 11) is 1.00. The van der Waals surface area contributed by atoms with E-state index < -0.39 is 0 Å². The lowest BCUT2D eigenvalue weighted by atomic mass is 10.1. The lowest BCUT2D eigenvalue weighted by molar-refractivity contribution is 0.399. The first-order chi connectivity index (χ1) is 6.88. The van der Waals surface area contributed by atoms with Crippen LogP contribution in [-0.2, 0) is 0 Å². The molecule has 0 aliphatic rings. The molecular formula is C13H18O. The molecule has 1 aromatic carbocycles. The van der Waals surface area contributed by atoms with Gasteiger partial charge in [0.25, 0.3) is 0 Å². The molecule has 0 amide bonds. The van der Waals surface area contributed by atoms with Gasteiger partial charge >= 0.3 is 0 Å². The molecule has 1 rings (SSSR count). The first-order valence-electron chi connectivity index (χ1n) is 4.67. The van der Waals surface area contributed by atoms with Crippen molar-refractivity contribution in [2.45, 2.75) is 13.8 Å².